The van der Waals surface area contributed by atoms with Crippen LogP contribution in [-0.2, 0) is 17.8 Å². The number of hydrogen-bond donors (Lipinski definition) is 2. The maximum absolute atomic E-state index is 13.4. The lowest BCUT2D eigenvalue weighted by Crippen LogP contribution is -2.52. The average molecular weight is 505 g/mol. The first-order valence-electron chi connectivity index (χ1n) is 11.0. The summed E-state index contributed by atoms with van der Waals surface area (Å²) in [6, 6.07) is 22.1. The smallest absolute Gasteiger partial charge is 0.323 e. The van der Waals surface area contributed by atoms with Gasteiger partial charge in [0.1, 0.15) is 6.04 Å². The zero-order valence-electron chi connectivity index (χ0n) is 18.5. The number of benzene rings is 2. The number of halogens is 1. The van der Waals surface area contributed by atoms with Gasteiger partial charge in [-0.3, -0.25) is 19.5 Å². The molecule has 7 nitrogen and oxygen atoms in total. The number of amides is 3. The third-order valence-corrected chi connectivity index (χ3v) is 7.00. The highest BCUT2D eigenvalue weighted by Gasteiger charge is 2.35. The SMILES string of the molecule is O=C(Nc1ccc(-n2ccccc2=O)cc1)[C@H]1Cc2ccccc2CN1C(=O)Nc1ccc(Cl)s1. The number of nitrogens with one attached hydrogen (secondary N) is 2. The Bertz CT molecular complexity index is 1450. The van der Waals surface area contributed by atoms with Crippen LogP contribution in [0.4, 0.5) is 15.5 Å². The Balaban J connectivity index is 1.36. The van der Waals surface area contributed by atoms with Gasteiger partial charge in [-0.1, -0.05) is 41.9 Å². The molecule has 0 aliphatic carbocycles. The Labute approximate surface area is 210 Å². The van der Waals surface area contributed by atoms with Crippen LogP contribution in [0.1, 0.15) is 11.1 Å². The number of thiophene rings is 1. The second-order valence-electron chi connectivity index (χ2n) is 8.10. The third kappa shape index (κ3) is 4.99. The van der Waals surface area contributed by atoms with Gasteiger partial charge >= 0.3 is 6.03 Å². The van der Waals surface area contributed by atoms with Crippen LogP contribution in [0.3, 0.4) is 0 Å². The van der Waals surface area contributed by atoms with Gasteiger partial charge < -0.3 is 10.2 Å². The van der Waals surface area contributed by atoms with Crippen molar-refractivity contribution in [2.45, 2.75) is 19.0 Å². The number of urea groups is 1. The monoisotopic (exact) mass is 504 g/mol. The molecule has 1 aliphatic heterocycles. The summed E-state index contributed by atoms with van der Waals surface area (Å²) in [6.45, 7) is 0.315. The molecule has 0 bridgehead atoms. The van der Waals surface area contributed by atoms with E-state index in [9.17, 15) is 14.4 Å². The van der Waals surface area contributed by atoms with Crippen molar-refractivity contribution >= 4 is 45.6 Å². The fourth-order valence-electron chi connectivity index (χ4n) is 4.10. The minimum atomic E-state index is -0.697. The number of rotatable bonds is 4. The summed E-state index contributed by atoms with van der Waals surface area (Å²) in [5, 5.41) is 6.39. The van der Waals surface area contributed by atoms with E-state index in [-0.39, 0.29) is 17.5 Å². The molecule has 0 saturated heterocycles. The molecule has 2 aromatic carbocycles. The van der Waals surface area contributed by atoms with Crippen LogP contribution in [0.15, 0.2) is 89.9 Å². The van der Waals surface area contributed by atoms with Crippen LogP contribution in [0.5, 0.6) is 0 Å². The normalized spacial score (nSPS) is 14.8. The fourth-order valence-corrected chi connectivity index (χ4v) is 5.03. The molecular formula is C26H21ClN4O3S. The van der Waals surface area contributed by atoms with Crippen molar-refractivity contribution in [3.63, 3.8) is 0 Å². The molecule has 9 heteroatoms. The van der Waals surface area contributed by atoms with Crippen LogP contribution in [-0.4, -0.2) is 27.4 Å². The summed E-state index contributed by atoms with van der Waals surface area (Å²) in [7, 11) is 0. The summed E-state index contributed by atoms with van der Waals surface area (Å²) in [5.41, 5.74) is 3.17. The summed E-state index contributed by atoms with van der Waals surface area (Å²) in [5.74, 6) is -0.288. The van der Waals surface area contributed by atoms with E-state index in [2.05, 4.69) is 10.6 Å². The van der Waals surface area contributed by atoms with Gasteiger partial charge in [0.25, 0.3) is 5.56 Å². The van der Waals surface area contributed by atoms with Gasteiger partial charge in [0.2, 0.25) is 5.91 Å². The average Bonchev–Trinajstić information content (AvgIpc) is 3.28. The Hall–Kier alpha value is -3.88. The molecule has 176 valence electrons. The summed E-state index contributed by atoms with van der Waals surface area (Å²) in [6.07, 6.45) is 2.09. The Kier molecular flexibility index (Phi) is 6.39. The Morgan fingerprint density at radius 2 is 1.63 bits per heavy atom. The third-order valence-electron chi connectivity index (χ3n) is 5.85. The molecule has 2 N–H and O–H groups in total. The number of carbonyl (C=O) groups excluding carboxylic acids is 2. The van der Waals surface area contributed by atoms with Gasteiger partial charge in [0, 0.05) is 36.6 Å². The van der Waals surface area contributed by atoms with Crippen molar-refractivity contribution in [1.82, 2.24) is 9.47 Å². The van der Waals surface area contributed by atoms with Gasteiger partial charge in [0.15, 0.2) is 0 Å². The van der Waals surface area contributed by atoms with Crippen LogP contribution < -0.4 is 16.2 Å². The molecule has 1 aliphatic rings. The maximum Gasteiger partial charge on any atom is 0.323 e. The van der Waals surface area contributed by atoms with E-state index in [1.165, 1.54) is 22.0 Å². The van der Waals surface area contributed by atoms with Crippen molar-refractivity contribution in [3.8, 4) is 5.69 Å². The molecule has 4 aromatic rings. The summed E-state index contributed by atoms with van der Waals surface area (Å²) < 4.78 is 2.09. The van der Waals surface area contributed by atoms with Gasteiger partial charge in [-0.15, -0.1) is 11.3 Å². The number of hydrogen-bond acceptors (Lipinski definition) is 4. The zero-order chi connectivity index (χ0) is 24.4. The highest BCUT2D eigenvalue weighted by molar-refractivity contribution is 7.20. The first-order valence-corrected chi connectivity index (χ1v) is 12.2. The van der Waals surface area contributed by atoms with Crippen molar-refractivity contribution in [2.24, 2.45) is 0 Å². The molecule has 3 heterocycles. The fraction of sp³-hybridized carbons (Fsp3) is 0.115. The standard InChI is InChI=1S/C26H21ClN4O3S/c27-22-12-13-23(35-22)29-26(34)31-16-18-6-2-1-5-17(18)15-21(31)25(33)28-19-8-10-20(11-9-19)30-14-4-3-7-24(30)32/h1-14,21H,15-16H2,(H,28,33)(H,29,34)/t21-/m1/s1. The zero-order valence-corrected chi connectivity index (χ0v) is 20.1. The molecule has 2 aromatic heterocycles. The first kappa shape index (κ1) is 22.9. The Morgan fingerprint density at radius 3 is 2.34 bits per heavy atom. The minimum absolute atomic E-state index is 0.140. The lowest BCUT2D eigenvalue weighted by Gasteiger charge is -2.35. The van der Waals surface area contributed by atoms with Crippen LogP contribution in [0.25, 0.3) is 5.69 Å². The molecule has 0 spiro atoms. The molecule has 5 rings (SSSR count). The largest absolute Gasteiger partial charge is 0.324 e. The van der Waals surface area contributed by atoms with Gasteiger partial charge in [-0.2, -0.15) is 0 Å². The number of anilines is 2. The van der Waals surface area contributed by atoms with E-state index >= 15 is 0 Å². The van der Waals surface area contributed by atoms with E-state index in [0.29, 0.717) is 33.7 Å². The molecule has 0 unspecified atom stereocenters. The van der Waals surface area contributed by atoms with E-state index in [0.717, 1.165) is 11.1 Å². The van der Waals surface area contributed by atoms with Crippen molar-refractivity contribution in [3.05, 3.63) is 111 Å². The van der Waals surface area contributed by atoms with E-state index in [1.54, 1.807) is 59.6 Å². The predicted molar refractivity (Wildman–Crippen MR) is 138 cm³/mol. The maximum atomic E-state index is 13.4. The molecule has 0 saturated carbocycles. The number of carbonyl (C=O) groups is 2. The molecular weight excluding hydrogens is 484 g/mol. The molecule has 0 fully saturated rings. The van der Waals surface area contributed by atoms with E-state index < -0.39 is 6.04 Å². The number of pyridine rings is 1. The van der Waals surface area contributed by atoms with Crippen molar-refractivity contribution < 1.29 is 9.59 Å². The minimum Gasteiger partial charge on any atom is -0.324 e. The molecule has 1 atom stereocenters. The second-order valence-corrected chi connectivity index (χ2v) is 9.81. The quantitative estimate of drug-likeness (QED) is 0.403. The van der Waals surface area contributed by atoms with Crippen LogP contribution >= 0.6 is 22.9 Å². The molecule has 35 heavy (non-hydrogen) atoms. The van der Waals surface area contributed by atoms with Crippen LogP contribution in [0, 0.1) is 0 Å². The lowest BCUT2D eigenvalue weighted by atomic mass is 9.93. The molecule has 0 radical (unpaired) electrons. The predicted octanol–water partition coefficient (Wildman–Crippen LogP) is 5.15. The number of fused-ring (bicyclic) bond motifs is 1. The number of nitrogens with zero attached hydrogens (tertiary/aromatic N) is 2. The van der Waals surface area contributed by atoms with Gasteiger partial charge in [-0.05, 0) is 53.6 Å². The van der Waals surface area contributed by atoms with E-state index in [1.807, 2.05) is 24.3 Å². The molecule has 3 amide bonds. The first-order chi connectivity index (χ1) is 17.0. The summed E-state index contributed by atoms with van der Waals surface area (Å²) in [4.78, 5) is 40.1. The van der Waals surface area contributed by atoms with E-state index in [4.69, 9.17) is 11.6 Å². The van der Waals surface area contributed by atoms with Crippen molar-refractivity contribution in [2.75, 3.05) is 10.6 Å². The van der Waals surface area contributed by atoms with Gasteiger partial charge in [0.05, 0.1) is 9.34 Å². The Morgan fingerprint density at radius 1 is 0.886 bits per heavy atom. The second kappa shape index (κ2) is 9.77. The van der Waals surface area contributed by atoms with Crippen LogP contribution in [0.2, 0.25) is 4.34 Å². The highest BCUT2D eigenvalue weighted by Crippen LogP contribution is 2.29. The summed E-state index contributed by atoms with van der Waals surface area (Å²) >= 11 is 7.26. The van der Waals surface area contributed by atoms with Crippen molar-refractivity contribution in [1.29, 1.82) is 0 Å². The topological polar surface area (TPSA) is 83.4 Å². The highest BCUT2D eigenvalue weighted by atomic mass is 35.5. The lowest BCUT2D eigenvalue weighted by molar-refractivity contribution is -0.120. The van der Waals surface area contributed by atoms with Gasteiger partial charge in [-0.25, -0.2) is 4.79 Å². The number of aromatic nitrogens is 1.